The summed E-state index contributed by atoms with van der Waals surface area (Å²) in [5, 5.41) is 21.1. The van der Waals surface area contributed by atoms with Gasteiger partial charge >= 0.3 is 12.1 Å². The molecule has 9 atom stereocenters. The first-order chi connectivity index (χ1) is 20.4. The van der Waals surface area contributed by atoms with Gasteiger partial charge in [-0.3, -0.25) is 4.90 Å². The number of ether oxygens (including phenoxy) is 1. The third-order valence-electron chi connectivity index (χ3n) is 13.6. The van der Waals surface area contributed by atoms with Crippen LogP contribution in [0.15, 0.2) is 11.6 Å². The zero-order valence-electron chi connectivity index (χ0n) is 29.2. The number of likely N-dealkylation sites (tertiary alicyclic amines) is 1. The van der Waals surface area contributed by atoms with E-state index in [4.69, 9.17) is 4.74 Å². The number of aliphatic hydroxyl groups is 1. The molecule has 3 saturated carbocycles. The van der Waals surface area contributed by atoms with Gasteiger partial charge in [-0.1, -0.05) is 45.3 Å². The van der Waals surface area contributed by atoms with Crippen molar-refractivity contribution < 1.29 is 24.5 Å². The van der Waals surface area contributed by atoms with Crippen molar-refractivity contribution in [3.63, 3.8) is 0 Å². The number of rotatable bonds is 7. The van der Waals surface area contributed by atoms with Gasteiger partial charge in [-0.2, -0.15) is 0 Å². The predicted molar refractivity (Wildman–Crippen MR) is 175 cm³/mol. The summed E-state index contributed by atoms with van der Waals surface area (Å²) in [5.74, 6) is 2.67. The van der Waals surface area contributed by atoms with Crippen LogP contribution >= 0.6 is 0 Å². The van der Waals surface area contributed by atoms with E-state index in [2.05, 4.69) is 26.8 Å². The summed E-state index contributed by atoms with van der Waals surface area (Å²) in [6.45, 7) is 17.5. The fraction of sp³-hybridized carbons (Fsp3) is 0.895. The predicted octanol–water partition coefficient (Wildman–Crippen LogP) is 9.00. The van der Waals surface area contributed by atoms with Crippen LogP contribution in [0.2, 0.25) is 0 Å². The molecule has 0 aromatic heterocycles. The van der Waals surface area contributed by atoms with Crippen LogP contribution in [0, 0.1) is 46.3 Å². The number of carbonyl (C=O) groups excluding carboxylic acids is 1. The number of carboxylic acids is 1. The van der Waals surface area contributed by atoms with Crippen LogP contribution in [0.1, 0.15) is 145 Å². The molecule has 6 heteroatoms. The normalized spacial score (nSPS) is 39.9. The summed E-state index contributed by atoms with van der Waals surface area (Å²) in [4.78, 5) is 28.2. The van der Waals surface area contributed by atoms with Gasteiger partial charge in [-0.05, 0) is 158 Å². The van der Waals surface area contributed by atoms with E-state index in [1.807, 2.05) is 34.6 Å². The fourth-order valence-electron chi connectivity index (χ4n) is 11.5. The fourth-order valence-corrected chi connectivity index (χ4v) is 11.5. The average molecular weight is 614 g/mol. The Kier molecular flexibility index (Phi) is 9.15. The SMILES string of the molecule is C[C@H](CCCC(C)(C)O)[C@H]1CC[C@H]2[C@@H]3CC=C4C[C@@H]([C@]5(C(=O)O)CCCCN5C(=O)OC(C)(C)C)CC[C@]4(C)[C@H]3CC[C@]12C. The minimum Gasteiger partial charge on any atom is -0.479 e. The highest BCUT2D eigenvalue weighted by Gasteiger charge is 2.62. The molecular formula is C38H63NO5. The van der Waals surface area contributed by atoms with Crippen molar-refractivity contribution in [2.45, 2.75) is 162 Å². The Morgan fingerprint density at radius 1 is 1.02 bits per heavy atom. The lowest BCUT2D eigenvalue weighted by Crippen LogP contribution is -2.65. The van der Waals surface area contributed by atoms with Crippen LogP contribution in [0.4, 0.5) is 4.79 Å². The molecule has 4 aliphatic carbocycles. The second-order valence-corrected chi connectivity index (χ2v) is 17.9. The maximum Gasteiger partial charge on any atom is 0.411 e. The van der Waals surface area contributed by atoms with E-state index in [0.717, 1.165) is 63.2 Å². The van der Waals surface area contributed by atoms with Crippen molar-refractivity contribution >= 4 is 12.1 Å². The highest BCUT2D eigenvalue weighted by atomic mass is 16.6. The summed E-state index contributed by atoms with van der Waals surface area (Å²) in [6, 6.07) is 0. The highest BCUT2D eigenvalue weighted by Crippen LogP contribution is 2.68. The molecule has 44 heavy (non-hydrogen) atoms. The lowest BCUT2D eigenvalue weighted by atomic mass is 9.46. The number of fused-ring (bicyclic) bond motifs is 5. The first kappa shape index (κ1) is 33.8. The molecule has 0 aromatic carbocycles. The van der Waals surface area contributed by atoms with E-state index < -0.39 is 28.8 Å². The van der Waals surface area contributed by atoms with Crippen LogP contribution in [0.5, 0.6) is 0 Å². The molecule has 0 spiro atoms. The molecule has 1 amide bonds. The molecule has 5 aliphatic rings. The van der Waals surface area contributed by atoms with E-state index >= 15 is 0 Å². The van der Waals surface area contributed by atoms with Crippen molar-refractivity contribution in [1.29, 1.82) is 0 Å². The Morgan fingerprint density at radius 3 is 2.41 bits per heavy atom. The number of nitrogens with zero attached hydrogens (tertiary/aromatic N) is 1. The van der Waals surface area contributed by atoms with Crippen LogP contribution < -0.4 is 0 Å². The second-order valence-electron chi connectivity index (χ2n) is 17.9. The maximum atomic E-state index is 13.4. The first-order valence-corrected chi connectivity index (χ1v) is 18.1. The Labute approximate surface area is 267 Å². The van der Waals surface area contributed by atoms with Crippen molar-refractivity contribution in [1.82, 2.24) is 4.90 Å². The smallest absolute Gasteiger partial charge is 0.411 e. The molecule has 1 aliphatic heterocycles. The Morgan fingerprint density at radius 2 is 1.75 bits per heavy atom. The van der Waals surface area contributed by atoms with Gasteiger partial charge in [0.2, 0.25) is 0 Å². The molecule has 2 N–H and O–H groups in total. The molecule has 0 aromatic rings. The van der Waals surface area contributed by atoms with E-state index in [1.165, 1.54) is 37.7 Å². The summed E-state index contributed by atoms with van der Waals surface area (Å²) >= 11 is 0. The first-order valence-electron chi connectivity index (χ1n) is 18.1. The van der Waals surface area contributed by atoms with Crippen molar-refractivity contribution in [3.8, 4) is 0 Å². The number of allylic oxidation sites excluding steroid dienone is 2. The summed E-state index contributed by atoms with van der Waals surface area (Å²) in [6.07, 6.45) is 16.5. The Balaban J connectivity index is 1.34. The van der Waals surface area contributed by atoms with Gasteiger partial charge in [0, 0.05) is 6.54 Å². The largest absolute Gasteiger partial charge is 0.479 e. The minimum atomic E-state index is -1.19. The number of piperidine rings is 1. The maximum absolute atomic E-state index is 13.4. The van der Waals surface area contributed by atoms with E-state index in [-0.39, 0.29) is 11.3 Å². The lowest BCUT2D eigenvalue weighted by molar-refractivity contribution is -0.160. The van der Waals surface area contributed by atoms with Gasteiger partial charge in [-0.15, -0.1) is 0 Å². The molecular weight excluding hydrogens is 550 g/mol. The molecule has 1 saturated heterocycles. The Bertz CT molecular complexity index is 1120. The molecule has 0 bridgehead atoms. The lowest BCUT2D eigenvalue weighted by Gasteiger charge is -2.60. The number of amides is 1. The standard InChI is InChI=1S/C38H63NO5/c1-25(12-11-19-35(5,6)43)29-15-16-30-28-14-13-26-24-27(17-21-36(26,7)31(28)18-22-37(29,30)8)38(32(40)41)20-9-10-23-39(38)33(42)44-34(2,3)4/h13,25,27-31,43H,9-12,14-24H2,1-8H3,(H,40,41)/t25-,27+,28+,29-,30+,31+,36+,37-,38+/m1/s1. The van der Waals surface area contributed by atoms with Gasteiger partial charge < -0.3 is 14.9 Å². The quantitative estimate of drug-likeness (QED) is 0.280. The molecule has 4 fully saturated rings. The highest BCUT2D eigenvalue weighted by molar-refractivity contribution is 5.85. The van der Waals surface area contributed by atoms with Gasteiger partial charge in [-0.25, -0.2) is 9.59 Å². The van der Waals surface area contributed by atoms with Crippen molar-refractivity contribution in [3.05, 3.63) is 11.6 Å². The van der Waals surface area contributed by atoms with E-state index in [9.17, 15) is 19.8 Å². The van der Waals surface area contributed by atoms with Gasteiger partial charge in [0.05, 0.1) is 5.60 Å². The van der Waals surface area contributed by atoms with E-state index in [0.29, 0.717) is 36.1 Å². The number of hydrogen-bond donors (Lipinski definition) is 2. The van der Waals surface area contributed by atoms with E-state index in [1.54, 1.807) is 4.90 Å². The van der Waals surface area contributed by atoms with Crippen LogP contribution in [-0.2, 0) is 9.53 Å². The third kappa shape index (κ3) is 5.99. The summed E-state index contributed by atoms with van der Waals surface area (Å²) in [7, 11) is 0. The number of hydrogen-bond acceptors (Lipinski definition) is 4. The monoisotopic (exact) mass is 613 g/mol. The molecule has 6 nitrogen and oxygen atoms in total. The number of carboxylic acid groups (broad SMARTS) is 1. The van der Waals surface area contributed by atoms with Crippen LogP contribution in [-0.4, -0.2) is 50.5 Å². The summed E-state index contributed by atoms with van der Waals surface area (Å²) < 4.78 is 5.78. The number of carbonyl (C=O) groups is 2. The molecule has 0 unspecified atom stereocenters. The molecule has 0 radical (unpaired) electrons. The van der Waals surface area contributed by atoms with Gasteiger partial charge in [0.25, 0.3) is 0 Å². The van der Waals surface area contributed by atoms with Gasteiger partial charge in [0.15, 0.2) is 0 Å². The Hall–Kier alpha value is -1.56. The zero-order valence-corrected chi connectivity index (χ0v) is 29.2. The zero-order chi connectivity index (χ0) is 32.3. The minimum absolute atomic E-state index is 0.0850. The second kappa shape index (κ2) is 11.9. The number of aliphatic carboxylic acids is 1. The molecule has 1 heterocycles. The van der Waals surface area contributed by atoms with Gasteiger partial charge in [0.1, 0.15) is 11.1 Å². The molecule has 5 rings (SSSR count). The molecule has 250 valence electrons. The topological polar surface area (TPSA) is 87.1 Å². The average Bonchev–Trinajstić information content (AvgIpc) is 3.28. The summed E-state index contributed by atoms with van der Waals surface area (Å²) in [5.41, 5.74) is -0.419. The third-order valence-corrected chi connectivity index (χ3v) is 13.6. The van der Waals surface area contributed by atoms with Crippen molar-refractivity contribution in [2.75, 3.05) is 6.54 Å². The van der Waals surface area contributed by atoms with Crippen LogP contribution in [0.3, 0.4) is 0 Å². The van der Waals surface area contributed by atoms with Crippen LogP contribution in [0.25, 0.3) is 0 Å². The van der Waals surface area contributed by atoms with Crippen molar-refractivity contribution in [2.24, 2.45) is 46.3 Å².